The maximum atomic E-state index is 14.1. The zero-order valence-corrected chi connectivity index (χ0v) is 18.5. The summed E-state index contributed by atoms with van der Waals surface area (Å²) in [5, 5.41) is 1.12. The second kappa shape index (κ2) is 7.77. The average molecular weight is 421 g/mol. The Morgan fingerprint density at radius 3 is 2.67 bits per heavy atom. The zero-order valence-electron chi connectivity index (χ0n) is 17.7. The average Bonchev–Trinajstić information content (AvgIpc) is 3.24. The molecule has 1 fully saturated rings. The number of fused-ring (bicyclic) bond motifs is 4. The molecule has 30 heavy (non-hydrogen) atoms. The summed E-state index contributed by atoms with van der Waals surface area (Å²) in [5.74, 6) is 0.790. The van der Waals surface area contributed by atoms with E-state index in [0.717, 1.165) is 47.0 Å². The lowest BCUT2D eigenvalue weighted by Crippen LogP contribution is -2.43. The first kappa shape index (κ1) is 19.7. The first-order valence-corrected chi connectivity index (χ1v) is 11.9. The monoisotopic (exact) mass is 420 g/mol. The summed E-state index contributed by atoms with van der Waals surface area (Å²) in [6.45, 7) is 4.72. The summed E-state index contributed by atoms with van der Waals surface area (Å²) in [5.41, 5.74) is 4.37. The van der Waals surface area contributed by atoms with E-state index in [1.165, 1.54) is 24.8 Å². The summed E-state index contributed by atoms with van der Waals surface area (Å²) in [4.78, 5) is 19.3. The van der Waals surface area contributed by atoms with Gasteiger partial charge in [-0.05, 0) is 37.0 Å². The molecule has 0 amide bonds. The van der Waals surface area contributed by atoms with Crippen LogP contribution in [0.15, 0.2) is 57.0 Å². The second-order valence-electron chi connectivity index (χ2n) is 8.93. The van der Waals surface area contributed by atoms with Crippen LogP contribution in [0.2, 0.25) is 0 Å². The van der Waals surface area contributed by atoms with E-state index in [0.29, 0.717) is 11.8 Å². The van der Waals surface area contributed by atoms with Gasteiger partial charge in [-0.25, -0.2) is 4.98 Å². The molecule has 1 aromatic carbocycles. The molecule has 1 saturated carbocycles. The highest BCUT2D eigenvalue weighted by Gasteiger charge is 2.43. The summed E-state index contributed by atoms with van der Waals surface area (Å²) < 4.78 is 7.45. The molecule has 2 aliphatic rings. The number of aromatic nitrogens is 2. The number of furan rings is 1. The van der Waals surface area contributed by atoms with Gasteiger partial charge in [0.1, 0.15) is 5.76 Å². The summed E-state index contributed by atoms with van der Waals surface area (Å²) >= 11 is 1.65. The minimum atomic E-state index is -0.0854. The number of benzene rings is 1. The molecule has 0 bridgehead atoms. The van der Waals surface area contributed by atoms with Crippen LogP contribution in [0.3, 0.4) is 0 Å². The minimum Gasteiger partial charge on any atom is -0.467 e. The molecule has 0 saturated heterocycles. The topological polar surface area (TPSA) is 48.0 Å². The summed E-state index contributed by atoms with van der Waals surface area (Å²) in [6, 6.07) is 12.3. The number of rotatable bonds is 4. The Hall–Kier alpha value is -2.27. The highest BCUT2D eigenvalue weighted by molar-refractivity contribution is 7.99. The van der Waals surface area contributed by atoms with Crippen LogP contribution in [0, 0.1) is 0 Å². The van der Waals surface area contributed by atoms with Crippen LogP contribution in [0.5, 0.6) is 0 Å². The van der Waals surface area contributed by atoms with Gasteiger partial charge in [0, 0.05) is 16.2 Å². The molecule has 2 heterocycles. The summed E-state index contributed by atoms with van der Waals surface area (Å²) in [7, 11) is 0. The molecule has 3 aromatic rings. The Balaban J connectivity index is 1.77. The van der Waals surface area contributed by atoms with E-state index in [4.69, 9.17) is 9.40 Å². The van der Waals surface area contributed by atoms with Crippen molar-refractivity contribution in [3.05, 3.63) is 69.9 Å². The van der Waals surface area contributed by atoms with Crippen molar-refractivity contribution in [3.8, 4) is 11.3 Å². The molecule has 0 N–H and O–H groups in total. The fourth-order valence-corrected chi connectivity index (χ4v) is 6.06. The van der Waals surface area contributed by atoms with E-state index in [-0.39, 0.29) is 11.0 Å². The molecule has 0 aliphatic heterocycles. The van der Waals surface area contributed by atoms with Crippen LogP contribution in [0.25, 0.3) is 11.3 Å². The molecule has 5 heteroatoms. The number of hydrogen-bond acceptors (Lipinski definition) is 4. The van der Waals surface area contributed by atoms with Crippen LogP contribution in [-0.2, 0) is 18.4 Å². The van der Waals surface area contributed by atoms with E-state index in [9.17, 15) is 4.79 Å². The van der Waals surface area contributed by atoms with E-state index in [2.05, 4.69) is 38.1 Å². The van der Waals surface area contributed by atoms with E-state index in [1.54, 1.807) is 18.0 Å². The van der Waals surface area contributed by atoms with Gasteiger partial charge in [0.2, 0.25) is 0 Å². The van der Waals surface area contributed by atoms with Crippen molar-refractivity contribution in [2.75, 3.05) is 0 Å². The minimum absolute atomic E-state index is 0.0854. The van der Waals surface area contributed by atoms with Crippen molar-refractivity contribution >= 4 is 11.8 Å². The Morgan fingerprint density at radius 2 is 1.93 bits per heavy atom. The third kappa shape index (κ3) is 3.33. The van der Waals surface area contributed by atoms with E-state index >= 15 is 0 Å². The van der Waals surface area contributed by atoms with Gasteiger partial charge < -0.3 is 4.42 Å². The zero-order chi connectivity index (χ0) is 20.7. The van der Waals surface area contributed by atoms with Crippen molar-refractivity contribution in [2.24, 2.45) is 0 Å². The van der Waals surface area contributed by atoms with E-state index < -0.39 is 0 Å². The molecule has 0 radical (unpaired) electrons. The number of thioether (sulfide) groups is 1. The Kier molecular flexibility index (Phi) is 5.10. The number of hydrogen-bond donors (Lipinski definition) is 0. The van der Waals surface area contributed by atoms with Crippen molar-refractivity contribution in [1.82, 2.24) is 9.55 Å². The maximum absolute atomic E-state index is 14.1. The predicted octanol–water partition coefficient (Wildman–Crippen LogP) is 5.81. The smallest absolute Gasteiger partial charge is 0.258 e. The first-order chi connectivity index (χ1) is 14.6. The van der Waals surface area contributed by atoms with E-state index in [1.807, 2.05) is 16.7 Å². The fraction of sp³-hybridized carbons (Fsp3) is 0.440. The Bertz CT molecular complexity index is 1110. The quantitative estimate of drug-likeness (QED) is 0.395. The van der Waals surface area contributed by atoms with Gasteiger partial charge in [0.05, 0.1) is 24.1 Å². The molecule has 0 atom stereocenters. The third-order valence-corrected chi connectivity index (χ3v) is 7.51. The second-order valence-corrected chi connectivity index (χ2v) is 10.5. The summed E-state index contributed by atoms with van der Waals surface area (Å²) in [6.07, 6.45) is 8.38. The lowest BCUT2D eigenvalue weighted by atomic mass is 9.62. The van der Waals surface area contributed by atoms with Crippen molar-refractivity contribution in [1.29, 1.82) is 0 Å². The molecular formula is C25H28N2O2S. The Morgan fingerprint density at radius 1 is 1.13 bits per heavy atom. The number of nitrogens with zero attached hydrogens (tertiary/aromatic N) is 2. The van der Waals surface area contributed by atoms with Crippen LogP contribution in [0.1, 0.15) is 62.8 Å². The van der Waals surface area contributed by atoms with Crippen LogP contribution in [0.4, 0.5) is 0 Å². The van der Waals surface area contributed by atoms with Crippen molar-refractivity contribution < 1.29 is 4.42 Å². The SMILES string of the molecule is CC(C)Sc1nc2c(c(=O)n1Cc1ccco1)C1(CCCCC1)Cc1ccccc1-2. The highest BCUT2D eigenvalue weighted by atomic mass is 32.2. The van der Waals surface area contributed by atoms with Crippen LogP contribution in [-0.4, -0.2) is 14.8 Å². The largest absolute Gasteiger partial charge is 0.467 e. The molecular weight excluding hydrogens is 392 g/mol. The maximum Gasteiger partial charge on any atom is 0.258 e. The van der Waals surface area contributed by atoms with Gasteiger partial charge in [0.25, 0.3) is 5.56 Å². The lowest BCUT2D eigenvalue weighted by Gasteiger charge is -2.42. The van der Waals surface area contributed by atoms with Crippen molar-refractivity contribution in [3.63, 3.8) is 0 Å². The van der Waals surface area contributed by atoms with Gasteiger partial charge in [-0.1, -0.05) is 69.1 Å². The van der Waals surface area contributed by atoms with Gasteiger partial charge in [-0.2, -0.15) is 0 Å². The van der Waals surface area contributed by atoms with Crippen molar-refractivity contribution in [2.45, 2.75) is 74.7 Å². The highest BCUT2D eigenvalue weighted by Crippen LogP contribution is 2.48. The molecule has 156 valence electrons. The van der Waals surface area contributed by atoms with Gasteiger partial charge in [0.15, 0.2) is 5.16 Å². The standard InChI is InChI=1S/C25H28N2O2S/c1-17(2)30-24-26-22-20-11-5-4-9-18(20)15-25(12-6-3-7-13-25)21(22)23(28)27(24)16-19-10-8-14-29-19/h4-5,8-11,14,17H,3,6-7,12-13,15-16H2,1-2H3. The first-order valence-electron chi connectivity index (χ1n) is 11.0. The van der Waals surface area contributed by atoms with Gasteiger partial charge in [-0.3, -0.25) is 9.36 Å². The molecule has 5 rings (SSSR count). The van der Waals surface area contributed by atoms with Crippen LogP contribution >= 0.6 is 11.8 Å². The van der Waals surface area contributed by atoms with Gasteiger partial charge >= 0.3 is 0 Å². The van der Waals surface area contributed by atoms with Gasteiger partial charge in [-0.15, -0.1) is 0 Å². The molecule has 2 aromatic heterocycles. The molecule has 4 nitrogen and oxygen atoms in total. The third-order valence-electron chi connectivity index (χ3n) is 6.51. The normalized spacial score (nSPS) is 17.2. The molecule has 0 unspecified atom stereocenters. The molecule has 2 aliphatic carbocycles. The van der Waals surface area contributed by atoms with Crippen LogP contribution < -0.4 is 5.56 Å². The molecule has 1 spiro atoms. The predicted molar refractivity (Wildman–Crippen MR) is 121 cm³/mol. The fourth-order valence-electron chi connectivity index (χ4n) is 5.22. The Labute approximate surface area is 181 Å². The lowest BCUT2D eigenvalue weighted by molar-refractivity contribution is 0.282.